The van der Waals surface area contributed by atoms with E-state index in [1.54, 1.807) is 47.7 Å². The summed E-state index contributed by atoms with van der Waals surface area (Å²) in [6.07, 6.45) is 0. The van der Waals surface area contributed by atoms with Crippen LogP contribution < -0.4 is 10.1 Å². The van der Waals surface area contributed by atoms with Crippen molar-refractivity contribution in [3.63, 3.8) is 0 Å². The average Bonchev–Trinajstić information content (AvgIpc) is 3.01. The van der Waals surface area contributed by atoms with Crippen molar-refractivity contribution in [2.45, 2.75) is 13.5 Å². The Morgan fingerprint density at radius 3 is 2.62 bits per heavy atom. The molecule has 1 amide bonds. The van der Waals surface area contributed by atoms with Gasteiger partial charge in [0.2, 0.25) is 0 Å². The highest BCUT2D eigenvalue weighted by Gasteiger charge is 2.08. The summed E-state index contributed by atoms with van der Waals surface area (Å²) < 4.78 is 5.67. The summed E-state index contributed by atoms with van der Waals surface area (Å²) in [6.45, 7) is 2.37. The molecule has 6 heteroatoms. The van der Waals surface area contributed by atoms with Gasteiger partial charge < -0.3 is 10.1 Å². The zero-order valence-corrected chi connectivity index (χ0v) is 14.5. The van der Waals surface area contributed by atoms with Crippen molar-refractivity contribution in [2.75, 3.05) is 5.32 Å². The van der Waals surface area contributed by atoms with Gasteiger partial charge in [-0.1, -0.05) is 23.7 Å². The lowest BCUT2D eigenvalue weighted by Crippen LogP contribution is -2.12. The molecule has 1 N–H and O–H groups in total. The number of amides is 1. The van der Waals surface area contributed by atoms with E-state index in [1.807, 2.05) is 24.4 Å². The van der Waals surface area contributed by atoms with Crippen molar-refractivity contribution >= 4 is 34.5 Å². The minimum Gasteiger partial charge on any atom is -0.487 e. The first-order valence-corrected chi connectivity index (χ1v) is 8.57. The van der Waals surface area contributed by atoms with E-state index in [4.69, 9.17) is 16.3 Å². The number of nitrogens with one attached hydrogen (secondary N) is 1. The summed E-state index contributed by atoms with van der Waals surface area (Å²) in [5.41, 5.74) is 2.02. The molecule has 0 radical (unpaired) electrons. The van der Waals surface area contributed by atoms with E-state index >= 15 is 0 Å². The molecule has 3 aromatic rings. The maximum Gasteiger partial charge on any atom is 0.255 e. The number of carbonyl (C=O) groups is 1. The molecule has 24 heavy (non-hydrogen) atoms. The monoisotopic (exact) mass is 358 g/mol. The van der Waals surface area contributed by atoms with E-state index in [1.165, 1.54) is 0 Å². The largest absolute Gasteiger partial charge is 0.487 e. The lowest BCUT2D eigenvalue weighted by molar-refractivity contribution is 0.102. The van der Waals surface area contributed by atoms with E-state index in [9.17, 15) is 4.79 Å². The molecule has 0 atom stereocenters. The number of carbonyl (C=O) groups excluding carboxylic acids is 1. The quantitative estimate of drug-likeness (QED) is 0.703. The van der Waals surface area contributed by atoms with Crippen LogP contribution in [0.1, 0.15) is 21.1 Å². The molecular weight excluding hydrogens is 344 g/mol. The lowest BCUT2D eigenvalue weighted by atomic mass is 10.2. The van der Waals surface area contributed by atoms with Gasteiger partial charge in [0, 0.05) is 10.9 Å². The number of thiazole rings is 1. The number of ether oxygens (including phenoxy) is 1. The molecule has 0 saturated heterocycles. The highest BCUT2D eigenvalue weighted by Crippen LogP contribution is 2.22. The third-order valence-corrected chi connectivity index (χ3v) is 4.44. The van der Waals surface area contributed by atoms with Crippen LogP contribution in [0, 0.1) is 6.92 Å². The van der Waals surface area contributed by atoms with Crippen LogP contribution >= 0.6 is 22.9 Å². The first-order valence-electron chi connectivity index (χ1n) is 7.31. The van der Waals surface area contributed by atoms with E-state index in [0.717, 1.165) is 10.7 Å². The number of aromatic nitrogens is 1. The number of benzene rings is 2. The van der Waals surface area contributed by atoms with Crippen molar-refractivity contribution in [2.24, 2.45) is 0 Å². The second-order valence-corrected chi connectivity index (χ2v) is 6.57. The van der Waals surface area contributed by atoms with Crippen LogP contribution in [0.4, 0.5) is 5.69 Å². The van der Waals surface area contributed by atoms with Gasteiger partial charge in [-0.2, -0.15) is 0 Å². The molecule has 0 spiro atoms. The van der Waals surface area contributed by atoms with Crippen molar-refractivity contribution in [1.82, 2.24) is 4.98 Å². The zero-order valence-electron chi connectivity index (χ0n) is 13.0. The highest BCUT2D eigenvalue weighted by molar-refractivity contribution is 7.09. The fraction of sp³-hybridized carbons (Fsp3) is 0.111. The third-order valence-electron chi connectivity index (χ3n) is 3.29. The minimum atomic E-state index is -0.218. The second-order valence-electron chi connectivity index (χ2n) is 5.10. The molecule has 0 fully saturated rings. The van der Waals surface area contributed by atoms with Gasteiger partial charge in [-0.05, 0) is 43.3 Å². The number of anilines is 1. The van der Waals surface area contributed by atoms with E-state index < -0.39 is 0 Å². The molecule has 122 valence electrons. The van der Waals surface area contributed by atoms with Crippen LogP contribution in [0.15, 0.2) is 53.9 Å². The van der Waals surface area contributed by atoms with E-state index in [0.29, 0.717) is 28.6 Å². The molecule has 1 aromatic heterocycles. The van der Waals surface area contributed by atoms with E-state index in [-0.39, 0.29) is 5.91 Å². The van der Waals surface area contributed by atoms with Gasteiger partial charge in [-0.25, -0.2) is 4.98 Å². The highest BCUT2D eigenvalue weighted by atomic mass is 35.5. The summed E-state index contributed by atoms with van der Waals surface area (Å²) in [6, 6.07) is 14.1. The van der Waals surface area contributed by atoms with Crippen LogP contribution in [0.25, 0.3) is 0 Å². The first kappa shape index (κ1) is 16.5. The number of halogens is 1. The predicted molar refractivity (Wildman–Crippen MR) is 97.0 cm³/mol. The Morgan fingerprint density at radius 1 is 1.21 bits per heavy atom. The Balaban J connectivity index is 1.61. The van der Waals surface area contributed by atoms with Gasteiger partial charge >= 0.3 is 0 Å². The SMILES string of the molecule is Cc1nc(COc2ccc(C(=O)Nc3ccccc3Cl)cc2)cs1. The fourth-order valence-corrected chi connectivity index (χ4v) is 2.87. The Morgan fingerprint density at radius 2 is 1.96 bits per heavy atom. The Hall–Kier alpha value is -2.37. The number of aryl methyl sites for hydroxylation is 1. The van der Waals surface area contributed by atoms with Crippen molar-refractivity contribution < 1.29 is 9.53 Å². The van der Waals surface area contributed by atoms with Crippen LogP contribution in [-0.2, 0) is 6.61 Å². The van der Waals surface area contributed by atoms with Gasteiger partial charge in [0.15, 0.2) is 0 Å². The second kappa shape index (κ2) is 7.47. The molecule has 4 nitrogen and oxygen atoms in total. The fourth-order valence-electron chi connectivity index (χ4n) is 2.09. The molecule has 2 aromatic carbocycles. The summed E-state index contributed by atoms with van der Waals surface area (Å²) >= 11 is 7.64. The van der Waals surface area contributed by atoms with Crippen LogP contribution in [-0.4, -0.2) is 10.9 Å². The van der Waals surface area contributed by atoms with Crippen LogP contribution in [0.5, 0.6) is 5.75 Å². The Bertz CT molecular complexity index is 846. The Kier molecular flexibility index (Phi) is 5.13. The standard InChI is InChI=1S/C18H15ClN2O2S/c1-12-20-14(11-24-12)10-23-15-8-6-13(7-9-15)18(22)21-17-5-3-2-4-16(17)19/h2-9,11H,10H2,1H3,(H,21,22). The smallest absolute Gasteiger partial charge is 0.255 e. The number of nitrogens with zero attached hydrogens (tertiary/aromatic N) is 1. The maximum atomic E-state index is 12.2. The van der Waals surface area contributed by atoms with Gasteiger partial charge in [-0.3, -0.25) is 4.79 Å². The predicted octanol–water partition coefficient (Wildman–Crippen LogP) is 4.94. The third kappa shape index (κ3) is 4.13. The van der Waals surface area contributed by atoms with Gasteiger partial charge in [-0.15, -0.1) is 11.3 Å². The maximum absolute atomic E-state index is 12.2. The molecule has 0 bridgehead atoms. The minimum absolute atomic E-state index is 0.218. The average molecular weight is 359 g/mol. The molecule has 0 aliphatic heterocycles. The van der Waals surface area contributed by atoms with Gasteiger partial charge in [0.05, 0.1) is 21.4 Å². The summed E-state index contributed by atoms with van der Waals surface area (Å²) in [5.74, 6) is 0.472. The Labute approximate surface area is 149 Å². The molecule has 0 aliphatic carbocycles. The number of hydrogen-bond donors (Lipinski definition) is 1. The van der Waals surface area contributed by atoms with Crippen molar-refractivity contribution in [3.05, 3.63) is 75.2 Å². The summed E-state index contributed by atoms with van der Waals surface area (Å²) in [5, 5.41) is 6.28. The van der Waals surface area contributed by atoms with Crippen LogP contribution in [0.3, 0.4) is 0 Å². The molecule has 0 aliphatic rings. The molecule has 0 unspecified atom stereocenters. The number of rotatable bonds is 5. The molecule has 3 rings (SSSR count). The van der Waals surface area contributed by atoms with Crippen LogP contribution in [0.2, 0.25) is 5.02 Å². The summed E-state index contributed by atoms with van der Waals surface area (Å²) in [7, 11) is 0. The number of hydrogen-bond acceptors (Lipinski definition) is 4. The molecular formula is C18H15ClN2O2S. The van der Waals surface area contributed by atoms with E-state index in [2.05, 4.69) is 10.3 Å². The number of para-hydroxylation sites is 1. The summed E-state index contributed by atoms with van der Waals surface area (Å²) in [4.78, 5) is 16.6. The normalized spacial score (nSPS) is 10.4. The lowest BCUT2D eigenvalue weighted by Gasteiger charge is -2.08. The van der Waals surface area contributed by atoms with Crippen molar-refractivity contribution in [1.29, 1.82) is 0 Å². The topological polar surface area (TPSA) is 51.2 Å². The van der Waals surface area contributed by atoms with Gasteiger partial charge in [0.25, 0.3) is 5.91 Å². The van der Waals surface area contributed by atoms with Gasteiger partial charge in [0.1, 0.15) is 12.4 Å². The zero-order chi connectivity index (χ0) is 16.9. The molecule has 1 heterocycles. The first-order chi connectivity index (χ1) is 11.6. The van der Waals surface area contributed by atoms with Crippen molar-refractivity contribution in [3.8, 4) is 5.75 Å². The molecule has 0 saturated carbocycles.